The van der Waals surface area contributed by atoms with Crippen LogP contribution in [0, 0.1) is 0 Å². The van der Waals surface area contributed by atoms with Gasteiger partial charge in [-0.1, -0.05) is 12.2 Å². The van der Waals surface area contributed by atoms with Gasteiger partial charge in [-0.15, -0.1) is 12.4 Å². The van der Waals surface area contributed by atoms with Gasteiger partial charge in [0.1, 0.15) is 0 Å². The fourth-order valence-corrected chi connectivity index (χ4v) is 2.44. The minimum atomic E-state index is 0. The first kappa shape index (κ1) is 11.2. The molecule has 0 saturated carbocycles. The number of nitrogens with zero attached hydrogens (tertiary/aromatic N) is 1. The van der Waals surface area contributed by atoms with E-state index in [1.54, 1.807) is 0 Å². The van der Waals surface area contributed by atoms with Crippen LogP contribution in [0.2, 0.25) is 0 Å². The van der Waals surface area contributed by atoms with Gasteiger partial charge in [-0.05, 0) is 32.2 Å². The van der Waals surface area contributed by atoms with Crippen LogP contribution < -0.4 is 5.32 Å². The fourth-order valence-electron chi connectivity index (χ4n) is 2.05. The first-order chi connectivity index (χ1) is 5.88. The lowest BCUT2D eigenvalue weighted by Gasteiger charge is -2.23. The van der Waals surface area contributed by atoms with Gasteiger partial charge in [-0.3, -0.25) is 0 Å². The topological polar surface area (TPSA) is 15.3 Å². The van der Waals surface area contributed by atoms with E-state index in [2.05, 4.69) is 10.2 Å². The van der Waals surface area contributed by atoms with Gasteiger partial charge in [-0.25, -0.2) is 0 Å². The summed E-state index contributed by atoms with van der Waals surface area (Å²) in [4.78, 5) is 3.54. The van der Waals surface area contributed by atoms with Gasteiger partial charge in [0.05, 0.1) is 11.0 Å². The average Bonchev–Trinajstić information content (AvgIpc) is 2.77. The minimum absolute atomic E-state index is 0. The van der Waals surface area contributed by atoms with Crippen LogP contribution in [0.3, 0.4) is 0 Å². The molecular formula is C9H17ClN2S. The van der Waals surface area contributed by atoms with Crippen molar-refractivity contribution in [3.05, 3.63) is 0 Å². The van der Waals surface area contributed by atoms with E-state index in [1.807, 2.05) is 0 Å². The molecule has 2 heterocycles. The summed E-state index contributed by atoms with van der Waals surface area (Å²) in [5.41, 5.74) is 0. The molecule has 0 unspecified atom stereocenters. The monoisotopic (exact) mass is 220 g/mol. The van der Waals surface area contributed by atoms with E-state index in [4.69, 9.17) is 12.2 Å². The summed E-state index contributed by atoms with van der Waals surface area (Å²) < 4.78 is 0. The van der Waals surface area contributed by atoms with Crippen LogP contribution in [0.15, 0.2) is 0 Å². The van der Waals surface area contributed by atoms with Gasteiger partial charge < -0.3 is 10.2 Å². The molecule has 0 spiro atoms. The van der Waals surface area contributed by atoms with E-state index in [-0.39, 0.29) is 12.4 Å². The van der Waals surface area contributed by atoms with E-state index in [9.17, 15) is 0 Å². The van der Waals surface area contributed by atoms with Crippen molar-refractivity contribution in [3.63, 3.8) is 0 Å². The summed E-state index contributed by atoms with van der Waals surface area (Å²) in [6.07, 6.45) is 5.19. The highest BCUT2D eigenvalue weighted by atomic mass is 35.5. The van der Waals surface area contributed by atoms with E-state index < -0.39 is 0 Å². The highest BCUT2D eigenvalue weighted by molar-refractivity contribution is 7.80. The SMILES string of the molecule is Cl.S=C([C@H]1CCCN1)N1CCCC1. The first-order valence-electron chi connectivity index (χ1n) is 4.90. The fraction of sp³-hybridized carbons (Fsp3) is 0.889. The molecule has 2 aliphatic heterocycles. The van der Waals surface area contributed by atoms with E-state index in [0.29, 0.717) is 6.04 Å². The summed E-state index contributed by atoms with van der Waals surface area (Å²) >= 11 is 5.44. The second-order valence-electron chi connectivity index (χ2n) is 3.68. The third kappa shape index (κ3) is 2.55. The van der Waals surface area contributed by atoms with Crippen LogP contribution >= 0.6 is 24.6 Å². The zero-order valence-electron chi connectivity index (χ0n) is 7.79. The number of hydrogen-bond acceptors (Lipinski definition) is 2. The Morgan fingerprint density at radius 2 is 1.92 bits per heavy atom. The molecule has 76 valence electrons. The molecule has 1 atom stereocenters. The van der Waals surface area contributed by atoms with Crippen molar-refractivity contribution in [1.29, 1.82) is 0 Å². The Morgan fingerprint density at radius 1 is 1.23 bits per heavy atom. The summed E-state index contributed by atoms with van der Waals surface area (Å²) in [5, 5.41) is 3.45. The van der Waals surface area contributed by atoms with Crippen LogP contribution in [0.1, 0.15) is 25.7 Å². The predicted molar refractivity (Wildman–Crippen MR) is 61.7 cm³/mol. The molecule has 0 aromatic carbocycles. The maximum Gasteiger partial charge on any atom is 0.0951 e. The van der Waals surface area contributed by atoms with Gasteiger partial charge >= 0.3 is 0 Å². The Balaban J connectivity index is 0.000000845. The molecule has 0 aromatic heterocycles. The highest BCUT2D eigenvalue weighted by Crippen LogP contribution is 2.15. The van der Waals surface area contributed by atoms with Crippen LogP contribution in [-0.4, -0.2) is 35.6 Å². The molecule has 0 radical (unpaired) electrons. The average molecular weight is 221 g/mol. The van der Waals surface area contributed by atoms with Gasteiger partial charge in [0.15, 0.2) is 0 Å². The second kappa shape index (κ2) is 5.13. The maximum absolute atomic E-state index is 5.44. The van der Waals surface area contributed by atoms with Crippen molar-refractivity contribution in [2.24, 2.45) is 0 Å². The normalized spacial score (nSPS) is 27.4. The summed E-state index contributed by atoms with van der Waals surface area (Å²) in [7, 11) is 0. The lowest BCUT2D eigenvalue weighted by Crippen LogP contribution is -2.40. The van der Waals surface area contributed by atoms with Crippen molar-refractivity contribution < 1.29 is 0 Å². The molecule has 2 fully saturated rings. The van der Waals surface area contributed by atoms with E-state index >= 15 is 0 Å². The number of halogens is 1. The lowest BCUT2D eigenvalue weighted by atomic mass is 10.2. The number of thiocarbonyl (C=S) groups is 1. The number of rotatable bonds is 1. The number of likely N-dealkylation sites (tertiary alicyclic amines) is 1. The highest BCUT2D eigenvalue weighted by Gasteiger charge is 2.24. The van der Waals surface area contributed by atoms with Gasteiger partial charge in [-0.2, -0.15) is 0 Å². The Hall–Kier alpha value is 0.140. The van der Waals surface area contributed by atoms with Crippen molar-refractivity contribution in [1.82, 2.24) is 10.2 Å². The van der Waals surface area contributed by atoms with Crippen molar-refractivity contribution in [2.45, 2.75) is 31.7 Å². The predicted octanol–water partition coefficient (Wildman–Crippen LogP) is 1.58. The van der Waals surface area contributed by atoms with Crippen LogP contribution in [0.4, 0.5) is 0 Å². The Labute approximate surface area is 91.5 Å². The number of hydrogen-bond donors (Lipinski definition) is 1. The smallest absolute Gasteiger partial charge is 0.0951 e. The molecular weight excluding hydrogens is 204 g/mol. The summed E-state index contributed by atoms with van der Waals surface area (Å²) in [5.74, 6) is 0. The van der Waals surface area contributed by atoms with Gasteiger partial charge in [0.25, 0.3) is 0 Å². The first-order valence-corrected chi connectivity index (χ1v) is 5.31. The van der Waals surface area contributed by atoms with Crippen LogP contribution in [0.5, 0.6) is 0 Å². The standard InChI is InChI=1S/C9H16N2S.ClH/c12-9(8-4-3-5-10-8)11-6-1-2-7-11;/h8,10H,1-7H2;1H/t8-;/m1./s1. The molecule has 0 amide bonds. The third-order valence-electron chi connectivity index (χ3n) is 2.78. The molecule has 0 aliphatic carbocycles. The Kier molecular flexibility index (Phi) is 4.42. The van der Waals surface area contributed by atoms with Gasteiger partial charge in [0, 0.05) is 13.1 Å². The molecule has 2 saturated heterocycles. The Bertz CT molecular complexity index is 156. The van der Waals surface area contributed by atoms with Crippen molar-refractivity contribution in [3.8, 4) is 0 Å². The van der Waals surface area contributed by atoms with Crippen molar-refractivity contribution in [2.75, 3.05) is 19.6 Å². The van der Waals surface area contributed by atoms with E-state index in [1.165, 1.54) is 43.8 Å². The van der Waals surface area contributed by atoms with Gasteiger partial charge in [0.2, 0.25) is 0 Å². The molecule has 2 nitrogen and oxygen atoms in total. The molecule has 4 heteroatoms. The molecule has 2 aliphatic rings. The second-order valence-corrected chi connectivity index (χ2v) is 4.10. The molecule has 2 rings (SSSR count). The molecule has 1 N–H and O–H groups in total. The number of nitrogens with one attached hydrogen (secondary N) is 1. The maximum atomic E-state index is 5.44. The van der Waals surface area contributed by atoms with Crippen molar-refractivity contribution >= 4 is 29.6 Å². The lowest BCUT2D eigenvalue weighted by molar-refractivity contribution is 0.499. The third-order valence-corrected chi connectivity index (χ3v) is 3.32. The summed E-state index contributed by atoms with van der Waals surface area (Å²) in [6.45, 7) is 3.53. The van der Waals surface area contributed by atoms with Crippen LogP contribution in [0.25, 0.3) is 0 Å². The Morgan fingerprint density at radius 3 is 2.46 bits per heavy atom. The molecule has 0 bridgehead atoms. The van der Waals surface area contributed by atoms with E-state index in [0.717, 1.165) is 6.54 Å². The van der Waals surface area contributed by atoms with Crippen LogP contribution in [-0.2, 0) is 0 Å². The largest absolute Gasteiger partial charge is 0.365 e. The minimum Gasteiger partial charge on any atom is -0.365 e. The zero-order valence-corrected chi connectivity index (χ0v) is 9.42. The summed E-state index contributed by atoms with van der Waals surface area (Å²) in [6, 6.07) is 0.512. The zero-order chi connectivity index (χ0) is 8.39. The molecule has 0 aromatic rings. The quantitative estimate of drug-likeness (QED) is 0.676. The molecule has 13 heavy (non-hydrogen) atoms.